The molecule has 0 unspecified atom stereocenters. The molecule has 4 N–H and O–H groups in total. The SMILES string of the molecule is Nc1nc(N)c2ncn(C3CN(C(=O)c4c(F)ccc(Br)c4F)C3)c2n1. The Morgan fingerprint density at radius 1 is 1.23 bits per heavy atom. The first-order valence-electron chi connectivity index (χ1n) is 7.55. The Kier molecular flexibility index (Phi) is 3.75. The molecular formula is C15H12BrF2N7O. The molecule has 134 valence electrons. The van der Waals surface area contributed by atoms with Gasteiger partial charge in [0.2, 0.25) is 5.95 Å². The number of nitrogen functional groups attached to an aromatic ring is 2. The molecule has 2 aromatic heterocycles. The van der Waals surface area contributed by atoms with Gasteiger partial charge in [0.15, 0.2) is 17.3 Å². The molecule has 0 atom stereocenters. The van der Waals surface area contributed by atoms with Crippen molar-refractivity contribution in [2.45, 2.75) is 6.04 Å². The van der Waals surface area contributed by atoms with Gasteiger partial charge in [-0.2, -0.15) is 9.97 Å². The van der Waals surface area contributed by atoms with Crippen LogP contribution in [0.15, 0.2) is 22.9 Å². The fourth-order valence-electron chi connectivity index (χ4n) is 2.90. The van der Waals surface area contributed by atoms with Crippen LogP contribution >= 0.6 is 15.9 Å². The van der Waals surface area contributed by atoms with Crippen molar-refractivity contribution in [3.05, 3.63) is 40.1 Å². The Labute approximate surface area is 154 Å². The summed E-state index contributed by atoms with van der Waals surface area (Å²) in [4.78, 5) is 25.9. The number of carbonyl (C=O) groups excluding carboxylic acids is 1. The molecule has 1 aliphatic rings. The number of nitrogens with zero attached hydrogens (tertiary/aromatic N) is 5. The van der Waals surface area contributed by atoms with E-state index in [1.54, 1.807) is 4.57 Å². The molecule has 1 saturated heterocycles. The lowest BCUT2D eigenvalue weighted by atomic mass is 10.1. The van der Waals surface area contributed by atoms with Crippen molar-refractivity contribution >= 4 is 44.8 Å². The molecule has 1 fully saturated rings. The van der Waals surface area contributed by atoms with E-state index in [1.165, 1.54) is 17.3 Å². The van der Waals surface area contributed by atoms with Crippen molar-refractivity contribution < 1.29 is 13.6 Å². The second kappa shape index (κ2) is 5.87. The van der Waals surface area contributed by atoms with E-state index in [9.17, 15) is 13.6 Å². The molecule has 1 aromatic carbocycles. The van der Waals surface area contributed by atoms with Crippen LogP contribution in [0.25, 0.3) is 11.2 Å². The third-order valence-electron chi connectivity index (χ3n) is 4.27. The summed E-state index contributed by atoms with van der Waals surface area (Å²) in [6.45, 7) is 0.499. The molecule has 0 saturated carbocycles. The van der Waals surface area contributed by atoms with Crippen LogP contribution in [0.5, 0.6) is 0 Å². The Bertz CT molecular complexity index is 1050. The summed E-state index contributed by atoms with van der Waals surface area (Å²) in [5.74, 6) is -2.35. The number of fused-ring (bicyclic) bond motifs is 1. The minimum Gasteiger partial charge on any atom is -0.382 e. The second-order valence-corrected chi connectivity index (χ2v) is 6.73. The van der Waals surface area contributed by atoms with Gasteiger partial charge in [-0.3, -0.25) is 4.79 Å². The number of anilines is 2. The maximum atomic E-state index is 14.1. The predicted molar refractivity (Wildman–Crippen MR) is 93.1 cm³/mol. The first-order valence-corrected chi connectivity index (χ1v) is 8.34. The molecule has 3 aromatic rings. The maximum absolute atomic E-state index is 14.1. The van der Waals surface area contributed by atoms with Gasteiger partial charge in [-0.05, 0) is 28.1 Å². The fourth-order valence-corrected chi connectivity index (χ4v) is 3.23. The molecule has 4 rings (SSSR count). The number of rotatable bonds is 2. The van der Waals surface area contributed by atoms with Crippen molar-refractivity contribution in [3.8, 4) is 0 Å². The summed E-state index contributed by atoms with van der Waals surface area (Å²) < 4.78 is 29.8. The third kappa shape index (κ3) is 2.46. The Balaban J connectivity index is 1.58. The summed E-state index contributed by atoms with van der Waals surface area (Å²) in [6.07, 6.45) is 1.53. The number of nitrogens with two attached hydrogens (primary N) is 2. The number of amides is 1. The van der Waals surface area contributed by atoms with E-state index >= 15 is 0 Å². The van der Waals surface area contributed by atoms with Crippen LogP contribution in [-0.4, -0.2) is 43.4 Å². The average molecular weight is 424 g/mol. The van der Waals surface area contributed by atoms with Crippen molar-refractivity contribution in [1.29, 1.82) is 0 Å². The number of hydrogen-bond donors (Lipinski definition) is 2. The van der Waals surface area contributed by atoms with Gasteiger partial charge in [0.25, 0.3) is 5.91 Å². The van der Waals surface area contributed by atoms with E-state index in [0.29, 0.717) is 11.2 Å². The summed E-state index contributed by atoms with van der Waals surface area (Å²) >= 11 is 2.96. The largest absolute Gasteiger partial charge is 0.382 e. The lowest BCUT2D eigenvalue weighted by molar-refractivity contribution is 0.0515. The third-order valence-corrected chi connectivity index (χ3v) is 4.88. The number of likely N-dealkylation sites (tertiary alicyclic amines) is 1. The molecular weight excluding hydrogens is 412 g/mol. The van der Waals surface area contributed by atoms with Crippen LogP contribution in [-0.2, 0) is 0 Å². The van der Waals surface area contributed by atoms with Gasteiger partial charge in [-0.15, -0.1) is 0 Å². The Morgan fingerprint density at radius 2 is 1.96 bits per heavy atom. The molecule has 3 heterocycles. The zero-order chi connectivity index (χ0) is 18.6. The van der Waals surface area contributed by atoms with Crippen LogP contribution in [0.3, 0.4) is 0 Å². The molecule has 0 radical (unpaired) electrons. The van der Waals surface area contributed by atoms with Gasteiger partial charge in [0.05, 0.1) is 16.8 Å². The van der Waals surface area contributed by atoms with Crippen molar-refractivity contribution in [2.24, 2.45) is 0 Å². The number of benzene rings is 1. The normalized spacial score (nSPS) is 14.7. The Morgan fingerprint density at radius 3 is 2.69 bits per heavy atom. The van der Waals surface area contributed by atoms with E-state index < -0.39 is 23.1 Å². The van der Waals surface area contributed by atoms with Gasteiger partial charge in [0.1, 0.15) is 16.9 Å². The van der Waals surface area contributed by atoms with E-state index in [-0.39, 0.29) is 35.4 Å². The van der Waals surface area contributed by atoms with Crippen LogP contribution < -0.4 is 11.5 Å². The van der Waals surface area contributed by atoms with E-state index in [1.807, 2.05) is 0 Å². The highest BCUT2D eigenvalue weighted by Crippen LogP contribution is 2.30. The molecule has 0 aliphatic carbocycles. The molecule has 8 nitrogen and oxygen atoms in total. The molecule has 0 bridgehead atoms. The first-order chi connectivity index (χ1) is 12.4. The van der Waals surface area contributed by atoms with Crippen molar-refractivity contribution in [2.75, 3.05) is 24.6 Å². The lowest BCUT2D eigenvalue weighted by Crippen LogP contribution is -2.51. The standard InChI is InChI=1S/C15H12BrF2N7O/c16-7-1-2-8(17)9(10(7)18)14(26)24-3-6(4-24)25-5-21-11-12(19)22-15(20)23-13(11)25/h1-2,5-6H,3-4H2,(H4,19,20,22,23). The first kappa shape index (κ1) is 16.6. The Hall–Kier alpha value is -2.82. The molecule has 1 amide bonds. The van der Waals surface area contributed by atoms with Crippen LogP contribution in [0.1, 0.15) is 16.4 Å². The molecule has 0 spiro atoms. The average Bonchev–Trinajstić information content (AvgIpc) is 2.94. The second-order valence-electron chi connectivity index (χ2n) is 5.87. The summed E-state index contributed by atoms with van der Waals surface area (Å²) in [5.41, 5.74) is 11.7. The van der Waals surface area contributed by atoms with Crippen molar-refractivity contribution in [3.63, 3.8) is 0 Å². The van der Waals surface area contributed by atoms with Crippen LogP contribution in [0.4, 0.5) is 20.5 Å². The van der Waals surface area contributed by atoms with Gasteiger partial charge in [0, 0.05) is 13.1 Å². The number of aromatic nitrogens is 4. The fraction of sp³-hybridized carbons (Fsp3) is 0.200. The van der Waals surface area contributed by atoms with Gasteiger partial charge in [-0.25, -0.2) is 13.8 Å². The monoisotopic (exact) mass is 423 g/mol. The number of halogens is 3. The van der Waals surface area contributed by atoms with E-state index in [0.717, 1.165) is 6.07 Å². The maximum Gasteiger partial charge on any atom is 0.260 e. The van der Waals surface area contributed by atoms with Crippen LogP contribution in [0.2, 0.25) is 0 Å². The highest BCUT2D eigenvalue weighted by molar-refractivity contribution is 9.10. The quantitative estimate of drug-likeness (QED) is 0.606. The molecule has 1 aliphatic heterocycles. The van der Waals surface area contributed by atoms with Crippen LogP contribution in [0, 0.1) is 11.6 Å². The number of imidazole rings is 1. The summed E-state index contributed by atoms with van der Waals surface area (Å²) in [5, 5.41) is 0. The zero-order valence-corrected chi connectivity index (χ0v) is 14.7. The van der Waals surface area contributed by atoms with E-state index in [2.05, 4.69) is 30.9 Å². The van der Waals surface area contributed by atoms with Crippen molar-refractivity contribution in [1.82, 2.24) is 24.4 Å². The predicted octanol–water partition coefficient (Wildman–Crippen LogP) is 1.73. The minimum atomic E-state index is -0.917. The zero-order valence-electron chi connectivity index (χ0n) is 13.2. The molecule has 26 heavy (non-hydrogen) atoms. The lowest BCUT2D eigenvalue weighted by Gasteiger charge is -2.40. The topological polar surface area (TPSA) is 116 Å². The van der Waals surface area contributed by atoms with Gasteiger partial charge in [-0.1, -0.05) is 0 Å². The highest BCUT2D eigenvalue weighted by atomic mass is 79.9. The number of carbonyl (C=O) groups is 1. The van der Waals surface area contributed by atoms with Gasteiger partial charge < -0.3 is 20.9 Å². The minimum absolute atomic E-state index is 0.0160. The summed E-state index contributed by atoms with van der Waals surface area (Å²) in [6, 6.07) is 2.10. The molecule has 11 heteroatoms. The highest BCUT2D eigenvalue weighted by Gasteiger charge is 2.36. The van der Waals surface area contributed by atoms with E-state index in [4.69, 9.17) is 11.5 Å². The number of hydrogen-bond acceptors (Lipinski definition) is 6. The smallest absolute Gasteiger partial charge is 0.260 e. The summed E-state index contributed by atoms with van der Waals surface area (Å²) in [7, 11) is 0. The van der Waals surface area contributed by atoms with Gasteiger partial charge >= 0.3 is 0 Å².